The lowest BCUT2D eigenvalue weighted by atomic mass is 10.1. The maximum atomic E-state index is 8.36. The van der Waals surface area contributed by atoms with E-state index < -0.39 is 0 Å². The summed E-state index contributed by atoms with van der Waals surface area (Å²) in [5.41, 5.74) is 3.99. The quantitative estimate of drug-likeness (QED) is 0.671. The second-order valence-corrected chi connectivity index (χ2v) is 7.50. The summed E-state index contributed by atoms with van der Waals surface area (Å²) in [6.07, 6.45) is 2.80. The van der Waals surface area contributed by atoms with Gasteiger partial charge in [-0.05, 0) is 22.8 Å². The van der Waals surface area contributed by atoms with E-state index in [0.29, 0.717) is 0 Å². The monoisotopic (exact) mass is 406 g/mol. The molecular weight excluding hydrogens is 380 g/mol. The highest BCUT2D eigenvalue weighted by atomic mass is 16.5. The summed E-state index contributed by atoms with van der Waals surface area (Å²) in [5, 5.41) is 11.6. The molecule has 3 aromatic rings. The Morgan fingerprint density at radius 2 is 1.87 bits per heavy atom. The van der Waals surface area contributed by atoms with Crippen LogP contribution in [0.4, 0.5) is 0 Å². The summed E-state index contributed by atoms with van der Waals surface area (Å²) < 4.78 is 7.72. The van der Waals surface area contributed by atoms with E-state index in [1.54, 1.807) is 0 Å². The van der Waals surface area contributed by atoms with Crippen molar-refractivity contribution in [2.45, 2.75) is 32.4 Å². The van der Waals surface area contributed by atoms with Crippen molar-refractivity contribution >= 4 is 6.47 Å². The van der Waals surface area contributed by atoms with Gasteiger partial charge < -0.3 is 9.84 Å². The minimum absolute atomic E-state index is 0.250. The van der Waals surface area contributed by atoms with Gasteiger partial charge in [0.15, 0.2) is 5.82 Å². The minimum Gasteiger partial charge on any atom is -0.493 e. The van der Waals surface area contributed by atoms with Crippen LogP contribution in [0.15, 0.2) is 48.5 Å². The van der Waals surface area contributed by atoms with Gasteiger partial charge in [-0.3, -0.25) is 9.69 Å². The Labute approximate surface area is 175 Å². The van der Waals surface area contributed by atoms with Crippen molar-refractivity contribution in [3.63, 3.8) is 0 Å². The lowest BCUT2D eigenvalue weighted by Gasteiger charge is -2.19. The van der Waals surface area contributed by atoms with Crippen molar-refractivity contribution in [3.05, 3.63) is 76.9 Å². The zero-order valence-corrected chi connectivity index (χ0v) is 16.9. The molecule has 2 aliphatic heterocycles. The molecule has 0 unspecified atom stereocenters. The number of benzene rings is 2. The molecule has 0 saturated carbocycles. The number of hydrogen-bond donors (Lipinski definition) is 1. The summed E-state index contributed by atoms with van der Waals surface area (Å²) in [6.45, 7) is 4.49. The number of fused-ring (bicyclic) bond motifs is 2. The first-order valence-corrected chi connectivity index (χ1v) is 10.3. The van der Waals surface area contributed by atoms with Crippen LogP contribution in [0.1, 0.15) is 28.3 Å². The van der Waals surface area contributed by atoms with Crippen LogP contribution in [0.3, 0.4) is 0 Å². The summed E-state index contributed by atoms with van der Waals surface area (Å²) >= 11 is 0. The average molecular weight is 406 g/mol. The van der Waals surface area contributed by atoms with Crippen LogP contribution in [-0.4, -0.2) is 50.9 Å². The molecule has 30 heavy (non-hydrogen) atoms. The van der Waals surface area contributed by atoms with Crippen molar-refractivity contribution < 1.29 is 14.6 Å². The van der Waals surface area contributed by atoms with E-state index >= 15 is 0 Å². The Morgan fingerprint density at radius 1 is 1.03 bits per heavy atom. The third kappa shape index (κ3) is 4.86. The lowest BCUT2D eigenvalue weighted by molar-refractivity contribution is -0.122. The largest absolute Gasteiger partial charge is 0.493 e. The van der Waals surface area contributed by atoms with Gasteiger partial charge in [0.2, 0.25) is 0 Å². The van der Waals surface area contributed by atoms with Crippen LogP contribution < -0.4 is 4.74 Å². The van der Waals surface area contributed by atoms with Crippen LogP contribution >= 0.6 is 0 Å². The number of ether oxygens (including phenoxy) is 1. The first kappa shape index (κ1) is 20.1. The molecule has 0 atom stereocenters. The molecule has 1 N–H and O–H groups in total. The molecule has 3 heterocycles. The molecule has 7 heteroatoms. The van der Waals surface area contributed by atoms with Crippen molar-refractivity contribution in [1.29, 1.82) is 0 Å². The molecule has 0 bridgehead atoms. The Bertz CT molecular complexity index is 962. The summed E-state index contributed by atoms with van der Waals surface area (Å²) in [5.74, 6) is 3.11. The molecule has 1 aromatic heterocycles. The van der Waals surface area contributed by atoms with Gasteiger partial charge in [0.05, 0.1) is 13.2 Å². The second kappa shape index (κ2) is 9.54. The van der Waals surface area contributed by atoms with E-state index in [4.69, 9.17) is 24.7 Å². The number of hydrogen-bond acceptors (Lipinski definition) is 5. The minimum atomic E-state index is -0.250. The fraction of sp³-hybridized carbons (Fsp3) is 0.348. The molecule has 5 rings (SSSR count). The molecule has 0 fully saturated rings. The fourth-order valence-electron chi connectivity index (χ4n) is 4.00. The van der Waals surface area contributed by atoms with Crippen molar-refractivity contribution in [2.24, 2.45) is 0 Å². The van der Waals surface area contributed by atoms with Gasteiger partial charge in [-0.25, -0.2) is 9.67 Å². The van der Waals surface area contributed by atoms with Gasteiger partial charge in [-0.15, -0.1) is 0 Å². The van der Waals surface area contributed by atoms with Gasteiger partial charge in [0, 0.05) is 38.9 Å². The van der Waals surface area contributed by atoms with Crippen LogP contribution in [0.25, 0.3) is 0 Å². The SMILES string of the molecule is O=CO.c1ccc(Cc2nc3n(n2)CCN(Cc2ccc4c(c2)CCO4)CC3)cc1. The first-order valence-electron chi connectivity index (χ1n) is 10.3. The molecule has 0 saturated heterocycles. The lowest BCUT2D eigenvalue weighted by Crippen LogP contribution is -2.26. The fourth-order valence-corrected chi connectivity index (χ4v) is 4.00. The third-order valence-corrected chi connectivity index (χ3v) is 5.44. The van der Waals surface area contributed by atoms with E-state index in [-0.39, 0.29) is 6.47 Å². The van der Waals surface area contributed by atoms with Gasteiger partial charge in [0.25, 0.3) is 6.47 Å². The number of carboxylic acid groups (broad SMARTS) is 1. The van der Waals surface area contributed by atoms with E-state index in [2.05, 4.69) is 52.0 Å². The Balaban J connectivity index is 0.000000687. The summed E-state index contributed by atoms with van der Waals surface area (Å²) in [4.78, 5) is 15.7. The highest BCUT2D eigenvalue weighted by Gasteiger charge is 2.19. The normalized spacial score (nSPS) is 15.2. The maximum absolute atomic E-state index is 8.36. The molecule has 0 spiro atoms. The first-order chi connectivity index (χ1) is 14.7. The molecule has 156 valence electrons. The smallest absolute Gasteiger partial charge is 0.290 e. The van der Waals surface area contributed by atoms with Gasteiger partial charge in [0.1, 0.15) is 11.6 Å². The second-order valence-electron chi connectivity index (χ2n) is 7.50. The van der Waals surface area contributed by atoms with E-state index in [9.17, 15) is 0 Å². The van der Waals surface area contributed by atoms with Crippen molar-refractivity contribution in [1.82, 2.24) is 19.7 Å². The van der Waals surface area contributed by atoms with Gasteiger partial charge in [-0.2, -0.15) is 5.10 Å². The third-order valence-electron chi connectivity index (χ3n) is 5.44. The van der Waals surface area contributed by atoms with Gasteiger partial charge >= 0.3 is 0 Å². The Hall–Kier alpha value is -3.19. The van der Waals surface area contributed by atoms with E-state index in [1.807, 2.05) is 6.07 Å². The highest BCUT2D eigenvalue weighted by Crippen LogP contribution is 2.26. The van der Waals surface area contributed by atoms with E-state index in [0.717, 1.165) is 69.4 Å². The highest BCUT2D eigenvalue weighted by molar-refractivity contribution is 5.39. The van der Waals surface area contributed by atoms with Crippen molar-refractivity contribution in [3.8, 4) is 5.75 Å². The molecule has 0 aliphatic carbocycles. The standard InChI is InChI=1S/C22H24N4O.CH2O2/c1-2-4-17(5-3-1)15-21-23-22-8-10-25(11-12-26(22)24-21)16-18-6-7-20-19(14-18)9-13-27-20;2-1-3/h1-7,14H,8-13,15-16H2;1H,(H,2,3). The summed E-state index contributed by atoms with van der Waals surface area (Å²) in [6, 6.07) is 17.1. The molecular formula is C23H26N4O3. The topological polar surface area (TPSA) is 80.5 Å². The number of carbonyl (C=O) groups is 1. The molecule has 7 nitrogen and oxygen atoms in total. The molecule has 0 amide bonds. The summed E-state index contributed by atoms with van der Waals surface area (Å²) in [7, 11) is 0. The van der Waals surface area contributed by atoms with Crippen LogP contribution in [0.2, 0.25) is 0 Å². The average Bonchev–Trinajstić information content (AvgIpc) is 3.33. The number of rotatable bonds is 4. The molecule has 0 radical (unpaired) electrons. The molecule has 2 aliphatic rings. The Morgan fingerprint density at radius 3 is 2.70 bits per heavy atom. The zero-order valence-electron chi connectivity index (χ0n) is 16.9. The van der Waals surface area contributed by atoms with Crippen molar-refractivity contribution in [2.75, 3.05) is 19.7 Å². The predicted molar refractivity (Wildman–Crippen MR) is 113 cm³/mol. The maximum Gasteiger partial charge on any atom is 0.290 e. The number of nitrogens with zero attached hydrogens (tertiary/aromatic N) is 4. The van der Waals surface area contributed by atoms with E-state index in [1.165, 1.54) is 16.7 Å². The van der Waals surface area contributed by atoms with Crippen LogP contribution in [0, 0.1) is 0 Å². The predicted octanol–water partition coefficient (Wildman–Crippen LogP) is 2.56. The van der Waals surface area contributed by atoms with Crippen LogP contribution in [-0.2, 0) is 37.1 Å². The zero-order chi connectivity index (χ0) is 20.8. The van der Waals surface area contributed by atoms with Crippen LogP contribution in [0.5, 0.6) is 5.75 Å². The number of aromatic nitrogens is 3. The Kier molecular flexibility index (Phi) is 6.39. The van der Waals surface area contributed by atoms with Gasteiger partial charge in [-0.1, -0.05) is 42.5 Å². The molecule has 2 aromatic carbocycles.